The van der Waals surface area contributed by atoms with Crippen molar-refractivity contribution in [3.63, 3.8) is 0 Å². The maximum absolute atomic E-state index is 11.4. The summed E-state index contributed by atoms with van der Waals surface area (Å²) in [6.45, 7) is 5.99. The average molecular weight is 264 g/mol. The highest BCUT2D eigenvalue weighted by molar-refractivity contribution is 6.02. The molecule has 5 heteroatoms. The second-order valence-electron chi connectivity index (χ2n) is 5.03. The molecular weight excluding hydrogens is 244 g/mol. The van der Waals surface area contributed by atoms with Crippen LogP contribution in [-0.2, 0) is 9.53 Å². The van der Waals surface area contributed by atoms with E-state index in [4.69, 9.17) is 15.2 Å². The molecule has 19 heavy (non-hydrogen) atoms. The van der Waals surface area contributed by atoms with E-state index in [-0.39, 0.29) is 5.91 Å². The molecule has 2 rings (SSSR count). The summed E-state index contributed by atoms with van der Waals surface area (Å²) in [6, 6.07) is 4.87. The van der Waals surface area contributed by atoms with Crippen molar-refractivity contribution >= 4 is 11.6 Å². The number of rotatable bonds is 6. The predicted octanol–water partition coefficient (Wildman–Crippen LogP) is 1.69. The number of amides is 1. The number of ether oxygens (including phenoxy) is 2. The van der Waals surface area contributed by atoms with Gasteiger partial charge in [-0.25, -0.2) is 0 Å². The van der Waals surface area contributed by atoms with Gasteiger partial charge in [-0.3, -0.25) is 4.79 Å². The lowest BCUT2D eigenvalue weighted by Crippen LogP contribution is -2.19. The maximum Gasteiger partial charge on any atom is 0.245 e. The zero-order valence-electron chi connectivity index (χ0n) is 11.3. The van der Waals surface area contributed by atoms with Crippen LogP contribution in [0.25, 0.3) is 0 Å². The number of nitrogens with one attached hydrogen (secondary N) is 1. The lowest BCUT2D eigenvalue weighted by atomic mass is 10.1. The first-order chi connectivity index (χ1) is 9.08. The molecule has 0 fully saturated rings. The largest absolute Gasteiger partial charge is 0.491 e. The zero-order valence-corrected chi connectivity index (χ0v) is 11.3. The minimum absolute atomic E-state index is 0.174. The standard InChI is InChI=1S/C14H20N2O3/c1-9(2)8-18-5-6-19-10-3-4-11-12(7-10)16-14(17)13(11)15/h3-4,7,9,13H,5-6,8,15H2,1-2H3,(H,16,17). The van der Waals surface area contributed by atoms with Gasteiger partial charge in [0.1, 0.15) is 18.4 Å². The molecule has 0 radical (unpaired) electrons. The van der Waals surface area contributed by atoms with Crippen LogP contribution in [0.4, 0.5) is 5.69 Å². The third-order valence-electron chi connectivity index (χ3n) is 2.85. The molecule has 0 spiro atoms. The topological polar surface area (TPSA) is 73.6 Å². The molecule has 5 nitrogen and oxygen atoms in total. The summed E-state index contributed by atoms with van der Waals surface area (Å²) >= 11 is 0. The van der Waals surface area contributed by atoms with Gasteiger partial charge in [-0.2, -0.15) is 0 Å². The van der Waals surface area contributed by atoms with E-state index in [2.05, 4.69) is 19.2 Å². The van der Waals surface area contributed by atoms with E-state index in [0.29, 0.717) is 24.9 Å². The normalized spacial score (nSPS) is 17.5. The van der Waals surface area contributed by atoms with Crippen LogP contribution >= 0.6 is 0 Å². The smallest absolute Gasteiger partial charge is 0.245 e. The number of anilines is 1. The molecule has 1 unspecified atom stereocenters. The molecule has 0 bridgehead atoms. The van der Waals surface area contributed by atoms with Gasteiger partial charge in [-0.05, 0) is 12.0 Å². The van der Waals surface area contributed by atoms with Crippen LogP contribution in [0.5, 0.6) is 5.75 Å². The number of hydrogen-bond acceptors (Lipinski definition) is 4. The molecule has 1 aromatic rings. The van der Waals surface area contributed by atoms with Gasteiger partial charge in [0.05, 0.1) is 6.61 Å². The number of carbonyl (C=O) groups is 1. The summed E-state index contributed by atoms with van der Waals surface area (Å²) in [5, 5.41) is 2.73. The van der Waals surface area contributed by atoms with Crippen LogP contribution in [0.3, 0.4) is 0 Å². The minimum atomic E-state index is -0.571. The summed E-state index contributed by atoms with van der Waals surface area (Å²) in [5.74, 6) is 1.06. The Labute approximate surface area is 113 Å². The Bertz CT molecular complexity index is 460. The minimum Gasteiger partial charge on any atom is -0.491 e. The first-order valence-corrected chi connectivity index (χ1v) is 6.49. The average Bonchev–Trinajstić information content (AvgIpc) is 2.64. The third kappa shape index (κ3) is 3.45. The van der Waals surface area contributed by atoms with Gasteiger partial charge in [0, 0.05) is 23.9 Å². The van der Waals surface area contributed by atoms with E-state index in [9.17, 15) is 4.79 Å². The second kappa shape index (κ2) is 6.04. The van der Waals surface area contributed by atoms with Crippen LogP contribution in [0.2, 0.25) is 0 Å². The molecular formula is C14H20N2O3. The van der Waals surface area contributed by atoms with E-state index in [1.807, 2.05) is 12.1 Å². The number of hydrogen-bond donors (Lipinski definition) is 2. The predicted molar refractivity (Wildman–Crippen MR) is 73.2 cm³/mol. The fourth-order valence-electron chi connectivity index (χ4n) is 1.89. The summed E-state index contributed by atoms with van der Waals surface area (Å²) in [6.07, 6.45) is 0. The lowest BCUT2D eigenvalue weighted by molar-refractivity contribution is -0.116. The molecule has 0 aromatic heterocycles. The highest BCUT2D eigenvalue weighted by atomic mass is 16.5. The molecule has 1 aromatic carbocycles. The van der Waals surface area contributed by atoms with Crippen LogP contribution in [0, 0.1) is 5.92 Å². The molecule has 1 aliphatic heterocycles. The van der Waals surface area contributed by atoms with E-state index in [0.717, 1.165) is 17.9 Å². The molecule has 0 saturated carbocycles. The molecule has 0 saturated heterocycles. The molecule has 104 valence electrons. The van der Waals surface area contributed by atoms with Crippen LogP contribution < -0.4 is 15.8 Å². The van der Waals surface area contributed by atoms with Gasteiger partial charge in [0.15, 0.2) is 0 Å². The SMILES string of the molecule is CC(C)COCCOc1ccc2c(c1)NC(=O)C2N. The van der Waals surface area contributed by atoms with Gasteiger partial charge >= 0.3 is 0 Å². The maximum atomic E-state index is 11.4. The summed E-state index contributed by atoms with van der Waals surface area (Å²) in [7, 11) is 0. The molecule has 1 atom stereocenters. The third-order valence-corrected chi connectivity index (χ3v) is 2.85. The Morgan fingerprint density at radius 1 is 1.37 bits per heavy atom. The summed E-state index contributed by atoms with van der Waals surface area (Å²) < 4.78 is 11.0. The van der Waals surface area contributed by atoms with Crippen molar-refractivity contribution < 1.29 is 14.3 Å². The summed E-state index contributed by atoms with van der Waals surface area (Å²) in [4.78, 5) is 11.4. The first kappa shape index (κ1) is 13.8. The lowest BCUT2D eigenvalue weighted by Gasteiger charge is -2.10. The Morgan fingerprint density at radius 3 is 2.89 bits per heavy atom. The molecule has 1 amide bonds. The van der Waals surface area contributed by atoms with Crippen molar-refractivity contribution in [3.8, 4) is 5.75 Å². The Balaban J connectivity index is 1.83. The van der Waals surface area contributed by atoms with Crippen LogP contribution in [0.1, 0.15) is 25.5 Å². The summed E-state index contributed by atoms with van der Waals surface area (Å²) in [5.41, 5.74) is 7.28. The first-order valence-electron chi connectivity index (χ1n) is 6.49. The van der Waals surface area contributed by atoms with Crippen LogP contribution in [0.15, 0.2) is 18.2 Å². The highest BCUT2D eigenvalue weighted by Crippen LogP contribution is 2.32. The number of benzene rings is 1. The van der Waals surface area contributed by atoms with Crippen molar-refractivity contribution in [2.24, 2.45) is 11.7 Å². The van der Waals surface area contributed by atoms with E-state index in [1.165, 1.54) is 0 Å². The monoisotopic (exact) mass is 264 g/mol. The van der Waals surface area contributed by atoms with Crippen molar-refractivity contribution in [2.45, 2.75) is 19.9 Å². The van der Waals surface area contributed by atoms with Gasteiger partial charge in [-0.1, -0.05) is 19.9 Å². The molecule has 1 heterocycles. The van der Waals surface area contributed by atoms with Gasteiger partial charge in [0.2, 0.25) is 5.91 Å². The zero-order chi connectivity index (χ0) is 13.8. The van der Waals surface area contributed by atoms with Gasteiger partial charge in [-0.15, -0.1) is 0 Å². The quantitative estimate of drug-likeness (QED) is 0.767. The molecule has 0 aliphatic carbocycles. The van der Waals surface area contributed by atoms with E-state index in [1.54, 1.807) is 6.07 Å². The number of fused-ring (bicyclic) bond motifs is 1. The van der Waals surface area contributed by atoms with Gasteiger partial charge < -0.3 is 20.5 Å². The van der Waals surface area contributed by atoms with E-state index < -0.39 is 6.04 Å². The Hall–Kier alpha value is -1.59. The van der Waals surface area contributed by atoms with Crippen molar-refractivity contribution in [1.29, 1.82) is 0 Å². The number of nitrogens with two attached hydrogens (primary N) is 1. The van der Waals surface area contributed by atoms with Crippen molar-refractivity contribution in [1.82, 2.24) is 0 Å². The fraction of sp³-hybridized carbons (Fsp3) is 0.500. The van der Waals surface area contributed by atoms with Crippen LogP contribution in [-0.4, -0.2) is 25.7 Å². The Kier molecular flexibility index (Phi) is 4.39. The highest BCUT2D eigenvalue weighted by Gasteiger charge is 2.27. The fourth-order valence-corrected chi connectivity index (χ4v) is 1.89. The Morgan fingerprint density at radius 2 is 2.16 bits per heavy atom. The van der Waals surface area contributed by atoms with Crippen molar-refractivity contribution in [3.05, 3.63) is 23.8 Å². The number of carbonyl (C=O) groups excluding carboxylic acids is 1. The van der Waals surface area contributed by atoms with Crippen molar-refractivity contribution in [2.75, 3.05) is 25.1 Å². The molecule has 1 aliphatic rings. The van der Waals surface area contributed by atoms with Gasteiger partial charge in [0.25, 0.3) is 0 Å². The molecule has 3 N–H and O–H groups in total. The van der Waals surface area contributed by atoms with E-state index >= 15 is 0 Å². The second-order valence-corrected chi connectivity index (χ2v) is 5.03.